The SMILES string of the molecule is [NH]CC[S]. The molecule has 0 aliphatic heterocycles. The second-order valence-corrected chi connectivity index (χ2v) is 0.862. The summed E-state index contributed by atoms with van der Waals surface area (Å²) in [4.78, 5) is 0. The number of hydrogen-bond donors (Lipinski definition) is 0. The van der Waals surface area contributed by atoms with Crippen molar-refractivity contribution in [3.05, 3.63) is 0 Å². The Morgan fingerprint density at radius 2 is 2.00 bits per heavy atom. The van der Waals surface area contributed by atoms with E-state index in [0.717, 1.165) is 0 Å². The fourth-order valence-corrected chi connectivity index (χ4v) is 0. The molecule has 1 N–H and O–H groups in total. The molecule has 0 aliphatic carbocycles. The van der Waals surface area contributed by atoms with Crippen molar-refractivity contribution >= 4 is 12.6 Å². The maximum Gasteiger partial charge on any atom is 0.0199 e. The molecule has 0 bridgehead atoms. The number of rotatable bonds is 1. The van der Waals surface area contributed by atoms with Gasteiger partial charge in [-0.15, -0.1) is 0 Å². The minimum absolute atomic E-state index is 0.384. The summed E-state index contributed by atoms with van der Waals surface area (Å²) in [6.07, 6.45) is 0. The smallest absolute Gasteiger partial charge is 0.0199 e. The molecular formula is C2H5NS. The summed E-state index contributed by atoms with van der Waals surface area (Å²) >= 11 is 4.37. The van der Waals surface area contributed by atoms with Crippen LogP contribution in [-0.4, -0.2) is 12.3 Å². The first-order valence-corrected chi connectivity index (χ1v) is 1.72. The van der Waals surface area contributed by atoms with Crippen LogP contribution in [0.25, 0.3) is 0 Å². The van der Waals surface area contributed by atoms with Crippen LogP contribution in [0.3, 0.4) is 0 Å². The zero-order valence-electron chi connectivity index (χ0n) is 2.32. The molecule has 0 aromatic carbocycles. The van der Waals surface area contributed by atoms with Crippen LogP contribution in [0.5, 0.6) is 0 Å². The van der Waals surface area contributed by atoms with E-state index in [9.17, 15) is 0 Å². The predicted octanol–water partition coefficient (Wildman–Crippen LogP) is 0.467. The van der Waals surface area contributed by atoms with E-state index in [1.165, 1.54) is 0 Å². The van der Waals surface area contributed by atoms with Gasteiger partial charge in [-0.3, -0.25) is 5.73 Å². The van der Waals surface area contributed by atoms with Crippen LogP contribution in [0, 0.1) is 0 Å². The van der Waals surface area contributed by atoms with Crippen molar-refractivity contribution in [2.45, 2.75) is 0 Å². The third-order valence-corrected chi connectivity index (χ3v) is 0.306. The summed E-state index contributed by atoms with van der Waals surface area (Å²) in [6, 6.07) is 0. The summed E-state index contributed by atoms with van der Waals surface area (Å²) in [5.74, 6) is 0.569. The Labute approximate surface area is 31.6 Å². The van der Waals surface area contributed by atoms with Gasteiger partial charge in [-0.2, -0.15) is 0 Å². The van der Waals surface area contributed by atoms with Crippen molar-refractivity contribution in [2.24, 2.45) is 0 Å². The topological polar surface area (TPSA) is 23.8 Å². The largest absolute Gasteiger partial charge is 0.257 e. The quantitative estimate of drug-likeness (QED) is 0.432. The molecule has 2 radical (unpaired) electrons. The first-order valence-electron chi connectivity index (χ1n) is 1.14. The number of hydrogen-bond acceptors (Lipinski definition) is 0. The molecule has 24 valence electrons. The van der Waals surface area contributed by atoms with Crippen molar-refractivity contribution in [3.8, 4) is 0 Å². The van der Waals surface area contributed by atoms with Gasteiger partial charge in [-0.1, -0.05) is 12.6 Å². The summed E-state index contributed by atoms with van der Waals surface area (Å²) in [5.41, 5.74) is 6.35. The van der Waals surface area contributed by atoms with Crippen LogP contribution in [0.1, 0.15) is 0 Å². The van der Waals surface area contributed by atoms with Crippen LogP contribution in [0.15, 0.2) is 0 Å². The minimum atomic E-state index is 0.384. The van der Waals surface area contributed by atoms with Gasteiger partial charge in [-0.05, 0) is 0 Å². The Morgan fingerprint density at radius 3 is 2.00 bits per heavy atom. The maximum atomic E-state index is 6.35. The molecule has 0 saturated carbocycles. The van der Waals surface area contributed by atoms with Gasteiger partial charge in [-0.25, -0.2) is 0 Å². The minimum Gasteiger partial charge on any atom is -0.257 e. The van der Waals surface area contributed by atoms with Gasteiger partial charge in [0.05, 0.1) is 0 Å². The van der Waals surface area contributed by atoms with Gasteiger partial charge < -0.3 is 0 Å². The maximum absolute atomic E-state index is 6.35. The molecular weight excluding hydrogens is 70.1 g/mol. The highest BCUT2D eigenvalue weighted by Crippen LogP contribution is 1.60. The van der Waals surface area contributed by atoms with Crippen molar-refractivity contribution in [1.82, 2.24) is 5.73 Å². The highest BCUT2D eigenvalue weighted by Gasteiger charge is 1.59. The molecule has 0 fully saturated rings. The summed E-state index contributed by atoms with van der Waals surface area (Å²) < 4.78 is 0. The fourth-order valence-electron chi connectivity index (χ4n) is 0. The standard InChI is InChI=1S/C2H5NS/c3-1-2-4/h3H,1-2H2. The van der Waals surface area contributed by atoms with E-state index in [1.54, 1.807) is 0 Å². The van der Waals surface area contributed by atoms with E-state index in [4.69, 9.17) is 5.73 Å². The normalized spacial score (nSPS) is 7.50. The van der Waals surface area contributed by atoms with Gasteiger partial charge in [0, 0.05) is 12.3 Å². The Hall–Kier alpha value is 0.310. The zero-order valence-corrected chi connectivity index (χ0v) is 3.14. The zero-order chi connectivity index (χ0) is 3.41. The van der Waals surface area contributed by atoms with Crippen molar-refractivity contribution in [3.63, 3.8) is 0 Å². The lowest BCUT2D eigenvalue weighted by molar-refractivity contribution is 1.11. The summed E-state index contributed by atoms with van der Waals surface area (Å²) in [5, 5.41) is 0. The second kappa shape index (κ2) is 3.31. The van der Waals surface area contributed by atoms with Crippen LogP contribution in [0.4, 0.5) is 0 Å². The van der Waals surface area contributed by atoms with Crippen molar-refractivity contribution < 1.29 is 0 Å². The lowest BCUT2D eigenvalue weighted by atomic mass is 10.8. The molecule has 2 heteroatoms. The van der Waals surface area contributed by atoms with Crippen LogP contribution >= 0.6 is 12.6 Å². The van der Waals surface area contributed by atoms with Gasteiger partial charge in [0.2, 0.25) is 0 Å². The highest BCUT2D eigenvalue weighted by molar-refractivity contribution is 7.80. The molecule has 1 nitrogen and oxygen atoms in total. The average Bonchev–Trinajstić information content (AvgIpc) is 1.37. The average molecular weight is 75.1 g/mol. The third-order valence-electron chi connectivity index (χ3n) is 0.102. The molecule has 0 aromatic heterocycles. The molecule has 0 aliphatic rings. The van der Waals surface area contributed by atoms with Crippen LogP contribution < -0.4 is 5.73 Å². The Balaban J connectivity index is 1.97. The van der Waals surface area contributed by atoms with Crippen LogP contribution in [-0.2, 0) is 0 Å². The molecule has 0 amide bonds. The molecule has 0 spiro atoms. The Kier molecular flexibility index (Phi) is 3.57. The summed E-state index contributed by atoms with van der Waals surface area (Å²) in [7, 11) is 0. The summed E-state index contributed by atoms with van der Waals surface area (Å²) in [6.45, 7) is 0.384. The van der Waals surface area contributed by atoms with E-state index in [1.807, 2.05) is 0 Å². The van der Waals surface area contributed by atoms with E-state index >= 15 is 0 Å². The van der Waals surface area contributed by atoms with E-state index < -0.39 is 0 Å². The third kappa shape index (κ3) is 2.31. The van der Waals surface area contributed by atoms with E-state index in [2.05, 4.69) is 12.6 Å². The van der Waals surface area contributed by atoms with Gasteiger partial charge in [0.1, 0.15) is 0 Å². The molecule has 0 rings (SSSR count). The molecule has 0 unspecified atom stereocenters. The lowest BCUT2D eigenvalue weighted by Gasteiger charge is -1.66. The molecule has 0 aromatic rings. The van der Waals surface area contributed by atoms with Gasteiger partial charge in [0.25, 0.3) is 0 Å². The van der Waals surface area contributed by atoms with Gasteiger partial charge >= 0.3 is 0 Å². The Morgan fingerprint density at radius 1 is 1.75 bits per heavy atom. The van der Waals surface area contributed by atoms with Crippen molar-refractivity contribution in [2.75, 3.05) is 12.3 Å². The fraction of sp³-hybridized carbons (Fsp3) is 1.00. The van der Waals surface area contributed by atoms with E-state index in [-0.39, 0.29) is 0 Å². The Bertz CT molecular complexity index is 8.00. The molecule has 4 heavy (non-hydrogen) atoms. The highest BCUT2D eigenvalue weighted by atomic mass is 32.1. The second-order valence-electron chi connectivity index (χ2n) is 0.454. The van der Waals surface area contributed by atoms with E-state index in [0.29, 0.717) is 12.3 Å². The first-order chi connectivity index (χ1) is 1.91. The van der Waals surface area contributed by atoms with Crippen LogP contribution in [0.2, 0.25) is 0 Å². The monoisotopic (exact) mass is 75.0 g/mol. The number of nitrogens with one attached hydrogen (secondary N) is 1. The van der Waals surface area contributed by atoms with Gasteiger partial charge in [0.15, 0.2) is 0 Å². The van der Waals surface area contributed by atoms with Crippen molar-refractivity contribution in [1.29, 1.82) is 0 Å². The lowest BCUT2D eigenvalue weighted by Crippen LogP contribution is -1.80. The first kappa shape index (κ1) is 4.31. The molecule has 0 heterocycles. The predicted molar refractivity (Wildman–Crippen MR) is 20.4 cm³/mol. The molecule has 0 saturated heterocycles. The molecule has 0 atom stereocenters.